The van der Waals surface area contributed by atoms with Crippen molar-refractivity contribution in [2.75, 3.05) is 5.32 Å². The van der Waals surface area contributed by atoms with Crippen molar-refractivity contribution in [1.29, 1.82) is 0 Å². The molecule has 8 heteroatoms. The maximum Gasteiger partial charge on any atom is 0.172 e. The minimum atomic E-state index is 0.648. The Morgan fingerprint density at radius 1 is 1.11 bits per heavy atom. The Morgan fingerprint density at radius 3 is 2.89 bits per heavy atom. The summed E-state index contributed by atoms with van der Waals surface area (Å²) in [5.41, 5.74) is 5.12. The number of imidazole rings is 1. The summed E-state index contributed by atoms with van der Waals surface area (Å²) in [5, 5.41) is 8.48. The van der Waals surface area contributed by atoms with E-state index in [0.717, 1.165) is 38.3 Å². The van der Waals surface area contributed by atoms with E-state index in [0.29, 0.717) is 10.7 Å². The molecular weight excluding hydrogens is 428 g/mol. The number of hydrogen-bond donors (Lipinski definition) is 2. The van der Waals surface area contributed by atoms with Crippen LogP contribution in [0, 0.1) is 0 Å². The van der Waals surface area contributed by atoms with Gasteiger partial charge < -0.3 is 10.3 Å². The minimum Gasteiger partial charge on any atom is -0.345 e. The molecule has 2 aromatic carbocycles. The summed E-state index contributed by atoms with van der Waals surface area (Å²) in [6, 6.07) is 15.5. The fraction of sp³-hybridized carbons (Fsp3) is 0. The monoisotopic (exact) mass is 438 g/mol. The van der Waals surface area contributed by atoms with E-state index in [1.165, 1.54) is 0 Å². The zero-order valence-corrected chi connectivity index (χ0v) is 16.2. The summed E-state index contributed by atoms with van der Waals surface area (Å²) < 4.78 is 2.56. The van der Waals surface area contributed by atoms with Crippen molar-refractivity contribution in [1.82, 2.24) is 24.6 Å². The molecule has 2 N–H and O–H groups in total. The number of fused-ring (bicyclic) bond motifs is 2. The van der Waals surface area contributed by atoms with Crippen molar-refractivity contribution in [3.05, 3.63) is 70.6 Å². The number of H-pyrrole nitrogens is 1. The topological polar surface area (TPSA) is 70.9 Å². The van der Waals surface area contributed by atoms with Crippen molar-refractivity contribution in [3.63, 3.8) is 0 Å². The average Bonchev–Trinajstić information content (AvgIpc) is 3.29. The molecule has 0 saturated heterocycles. The minimum absolute atomic E-state index is 0.648. The second-order valence-electron chi connectivity index (χ2n) is 5.99. The maximum absolute atomic E-state index is 6.38. The molecule has 0 fully saturated rings. The number of rotatable bonds is 3. The van der Waals surface area contributed by atoms with Crippen molar-refractivity contribution in [2.45, 2.75) is 0 Å². The molecule has 0 bridgehead atoms. The zero-order chi connectivity index (χ0) is 18.4. The molecule has 0 saturated carbocycles. The van der Waals surface area contributed by atoms with Gasteiger partial charge in [0, 0.05) is 22.3 Å². The van der Waals surface area contributed by atoms with Gasteiger partial charge in [-0.15, -0.1) is 0 Å². The van der Waals surface area contributed by atoms with Gasteiger partial charge in [0.25, 0.3) is 0 Å². The SMILES string of the molecule is Clc1ccccc1-c1cc(Nc2ccc3nc[nH]c3c2)n2ncc(Br)c2n1. The van der Waals surface area contributed by atoms with E-state index in [4.69, 9.17) is 16.6 Å². The summed E-state index contributed by atoms with van der Waals surface area (Å²) in [5.74, 6) is 0.777. The van der Waals surface area contributed by atoms with Gasteiger partial charge in [0.1, 0.15) is 5.82 Å². The average molecular weight is 440 g/mol. The molecule has 3 heterocycles. The second kappa shape index (κ2) is 6.37. The Balaban J connectivity index is 1.67. The van der Waals surface area contributed by atoms with Crippen LogP contribution in [-0.4, -0.2) is 24.6 Å². The lowest BCUT2D eigenvalue weighted by Gasteiger charge is -2.11. The lowest BCUT2D eigenvalue weighted by atomic mass is 10.1. The first-order valence-electron chi connectivity index (χ1n) is 8.18. The Hall–Kier alpha value is -2.90. The molecule has 0 aliphatic heterocycles. The first-order valence-corrected chi connectivity index (χ1v) is 9.35. The Labute approximate surface area is 167 Å². The van der Waals surface area contributed by atoms with Crippen LogP contribution in [0.15, 0.2) is 65.5 Å². The molecule has 0 unspecified atom stereocenters. The van der Waals surface area contributed by atoms with E-state index in [9.17, 15) is 0 Å². The van der Waals surface area contributed by atoms with Gasteiger partial charge in [-0.2, -0.15) is 9.61 Å². The van der Waals surface area contributed by atoms with Gasteiger partial charge >= 0.3 is 0 Å². The molecule has 0 aliphatic carbocycles. The van der Waals surface area contributed by atoms with Gasteiger partial charge in [-0.05, 0) is 40.2 Å². The molecule has 0 spiro atoms. The summed E-state index contributed by atoms with van der Waals surface area (Å²) in [4.78, 5) is 12.1. The predicted molar refractivity (Wildman–Crippen MR) is 111 cm³/mol. The summed E-state index contributed by atoms with van der Waals surface area (Å²) in [6.07, 6.45) is 3.40. The molecule has 0 atom stereocenters. The summed E-state index contributed by atoms with van der Waals surface area (Å²) in [6.45, 7) is 0. The summed E-state index contributed by atoms with van der Waals surface area (Å²) in [7, 11) is 0. The standard InChI is InChI=1S/C19H12BrClN6/c20-13-9-24-27-18(25-11-5-6-15-17(7-11)23-10-22-15)8-16(26-19(13)27)12-3-1-2-4-14(12)21/h1-10,25H,(H,22,23). The quantitative estimate of drug-likeness (QED) is 0.393. The van der Waals surface area contributed by atoms with E-state index < -0.39 is 0 Å². The molecule has 27 heavy (non-hydrogen) atoms. The zero-order valence-electron chi connectivity index (χ0n) is 13.8. The fourth-order valence-electron chi connectivity index (χ4n) is 2.99. The van der Waals surface area contributed by atoms with Gasteiger partial charge in [-0.25, -0.2) is 9.97 Å². The molecule has 132 valence electrons. The molecule has 0 amide bonds. The van der Waals surface area contributed by atoms with Crippen LogP contribution >= 0.6 is 27.5 Å². The molecule has 3 aromatic heterocycles. The van der Waals surface area contributed by atoms with Gasteiger partial charge in [-0.3, -0.25) is 0 Å². The van der Waals surface area contributed by atoms with E-state index in [1.54, 1.807) is 17.0 Å². The largest absolute Gasteiger partial charge is 0.345 e. The van der Waals surface area contributed by atoms with Crippen LogP contribution in [-0.2, 0) is 0 Å². The van der Waals surface area contributed by atoms with Crippen molar-refractivity contribution >= 4 is 55.7 Å². The van der Waals surface area contributed by atoms with E-state index in [1.807, 2.05) is 48.5 Å². The lowest BCUT2D eigenvalue weighted by Crippen LogP contribution is -2.02. The van der Waals surface area contributed by atoms with Crippen LogP contribution in [0.1, 0.15) is 0 Å². The second-order valence-corrected chi connectivity index (χ2v) is 7.26. The highest BCUT2D eigenvalue weighted by Gasteiger charge is 2.13. The van der Waals surface area contributed by atoms with E-state index in [-0.39, 0.29) is 0 Å². The number of anilines is 2. The number of benzene rings is 2. The predicted octanol–water partition coefficient (Wildman–Crippen LogP) is 5.43. The summed E-state index contributed by atoms with van der Waals surface area (Å²) >= 11 is 9.90. The van der Waals surface area contributed by atoms with Crippen LogP contribution < -0.4 is 5.32 Å². The highest BCUT2D eigenvalue weighted by atomic mass is 79.9. The van der Waals surface area contributed by atoms with E-state index in [2.05, 4.69) is 36.3 Å². The highest BCUT2D eigenvalue weighted by molar-refractivity contribution is 9.10. The lowest BCUT2D eigenvalue weighted by molar-refractivity contribution is 0.949. The van der Waals surface area contributed by atoms with Gasteiger partial charge in [0.15, 0.2) is 5.65 Å². The Kier molecular flexibility index (Phi) is 3.84. The normalized spacial score (nSPS) is 11.3. The fourth-order valence-corrected chi connectivity index (χ4v) is 3.57. The van der Waals surface area contributed by atoms with Crippen molar-refractivity contribution in [2.24, 2.45) is 0 Å². The third-order valence-corrected chi connectivity index (χ3v) is 5.16. The van der Waals surface area contributed by atoms with Crippen LogP contribution in [0.5, 0.6) is 0 Å². The van der Waals surface area contributed by atoms with Gasteiger partial charge in [-0.1, -0.05) is 29.8 Å². The third kappa shape index (κ3) is 2.85. The first kappa shape index (κ1) is 16.3. The van der Waals surface area contributed by atoms with Gasteiger partial charge in [0.2, 0.25) is 0 Å². The number of halogens is 2. The molecular formula is C19H12BrClN6. The number of nitrogens with one attached hydrogen (secondary N) is 2. The molecule has 0 radical (unpaired) electrons. The number of aromatic amines is 1. The number of nitrogens with zero attached hydrogens (tertiary/aromatic N) is 4. The van der Waals surface area contributed by atoms with Crippen LogP contribution in [0.25, 0.3) is 27.9 Å². The third-order valence-electron chi connectivity index (χ3n) is 4.27. The van der Waals surface area contributed by atoms with Crippen LogP contribution in [0.2, 0.25) is 5.02 Å². The van der Waals surface area contributed by atoms with Crippen LogP contribution in [0.4, 0.5) is 11.5 Å². The first-order chi connectivity index (χ1) is 13.2. The van der Waals surface area contributed by atoms with Crippen molar-refractivity contribution in [3.8, 4) is 11.3 Å². The Bertz CT molecular complexity index is 1290. The molecule has 5 aromatic rings. The van der Waals surface area contributed by atoms with Crippen LogP contribution in [0.3, 0.4) is 0 Å². The maximum atomic E-state index is 6.38. The molecule has 6 nitrogen and oxygen atoms in total. The number of hydrogen-bond acceptors (Lipinski definition) is 4. The molecule has 0 aliphatic rings. The smallest absolute Gasteiger partial charge is 0.172 e. The van der Waals surface area contributed by atoms with E-state index >= 15 is 0 Å². The number of aromatic nitrogens is 5. The Morgan fingerprint density at radius 2 is 2.00 bits per heavy atom. The van der Waals surface area contributed by atoms with Crippen molar-refractivity contribution < 1.29 is 0 Å². The highest BCUT2D eigenvalue weighted by Crippen LogP contribution is 2.31. The van der Waals surface area contributed by atoms with Gasteiger partial charge in [0.05, 0.1) is 33.7 Å². The molecule has 5 rings (SSSR count).